The molecule has 186 valence electrons. The van der Waals surface area contributed by atoms with Crippen LogP contribution >= 0.6 is 31.9 Å². The van der Waals surface area contributed by atoms with Crippen LogP contribution < -0.4 is 15.5 Å². The second kappa shape index (κ2) is 12.7. The van der Waals surface area contributed by atoms with Gasteiger partial charge in [-0.15, -0.1) is 0 Å². The van der Waals surface area contributed by atoms with E-state index in [4.69, 9.17) is 5.73 Å². The van der Waals surface area contributed by atoms with E-state index in [0.29, 0.717) is 22.4 Å². The number of nitro groups is 1. The van der Waals surface area contributed by atoms with E-state index in [0.717, 1.165) is 28.8 Å². The van der Waals surface area contributed by atoms with Gasteiger partial charge in [0.25, 0.3) is 0 Å². The van der Waals surface area contributed by atoms with Crippen LogP contribution in [0.15, 0.2) is 33.5 Å². The largest absolute Gasteiger partial charge is 0.396 e. The SMILES string of the molecule is CN(c1ncc(Br)cc1N)C1CCCCC1.CN(c1ncc(Br)cc1[N+](=O)[O-])C1CCCCC1. The standard InChI is InChI=1S/C12H16BrN3O2.C12H18BrN3/c1-15(10-5-3-2-4-6-10)12-11(16(17)18)7-9(13)8-14-12;1-16(10-5-3-2-4-6-10)12-11(14)7-9(13)8-15-12/h7-8,10H,2-6H2,1H3;7-8,10H,2-6,14H2,1H3. The fraction of sp³-hybridized carbons (Fsp3) is 0.583. The van der Waals surface area contributed by atoms with Crippen LogP contribution in [0.3, 0.4) is 0 Å². The van der Waals surface area contributed by atoms with Gasteiger partial charge in [0.15, 0.2) is 5.82 Å². The van der Waals surface area contributed by atoms with Gasteiger partial charge in [-0.1, -0.05) is 38.5 Å². The van der Waals surface area contributed by atoms with Crippen molar-refractivity contribution in [2.24, 2.45) is 0 Å². The first kappa shape index (κ1) is 26.7. The van der Waals surface area contributed by atoms with Crippen LogP contribution in [-0.2, 0) is 0 Å². The predicted molar refractivity (Wildman–Crippen MR) is 145 cm³/mol. The monoisotopic (exact) mass is 596 g/mol. The summed E-state index contributed by atoms with van der Waals surface area (Å²) in [6, 6.07) is 4.40. The molecule has 0 aromatic carbocycles. The Hall–Kier alpha value is -1.94. The summed E-state index contributed by atoms with van der Waals surface area (Å²) >= 11 is 6.60. The number of nitrogen functional groups attached to an aromatic ring is 1. The number of nitrogens with two attached hydrogens (primary N) is 1. The van der Waals surface area contributed by atoms with Crippen LogP contribution in [-0.4, -0.2) is 41.1 Å². The summed E-state index contributed by atoms with van der Waals surface area (Å²) in [6.07, 6.45) is 15.8. The molecule has 0 radical (unpaired) electrons. The maximum atomic E-state index is 11.1. The van der Waals surface area contributed by atoms with E-state index < -0.39 is 0 Å². The summed E-state index contributed by atoms with van der Waals surface area (Å²) in [6.45, 7) is 0. The lowest BCUT2D eigenvalue weighted by Crippen LogP contribution is -2.34. The molecule has 2 saturated carbocycles. The van der Waals surface area contributed by atoms with E-state index >= 15 is 0 Å². The molecule has 0 bridgehead atoms. The highest BCUT2D eigenvalue weighted by molar-refractivity contribution is 9.10. The Morgan fingerprint density at radius 3 is 1.76 bits per heavy atom. The van der Waals surface area contributed by atoms with Gasteiger partial charge in [-0.2, -0.15) is 0 Å². The van der Waals surface area contributed by atoms with E-state index in [9.17, 15) is 10.1 Å². The summed E-state index contributed by atoms with van der Waals surface area (Å²) < 4.78 is 1.57. The van der Waals surface area contributed by atoms with Crippen molar-refractivity contribution in [1.82, 2.24) is 9.97 Å². The minimum absolute atomic E-state index is 0.0671. The summed E-state index contributed by atoms with van der Waals surface area (Å²) in [5, 5.41) is 11.1. The zero-order valence-electron chi connectivity index (χ0n) is 19.9. The highest BCUT2D eigenvalue weighted by atomic mass is 79.9. The zero-order chi connectivity index (χ0) is 24.7. The van der Waals surface area contributed by atoms with E-state index in [1.54, 1.807) is 6.20 Å². The van der Waals surface area contributed by atoms with Crippen LogP contribution in [0.25, 0.3) is 0 Å². The quantitative estimate of drug-likeness (QED) is 0.301. The Balaban J connectivity index is 0.000000192. The molecule has 0 saturated heterocycles. The first-order valence-electron chi connectivity index (χ1n) is 11.9. The van der Waals surface area contributed by atoms with Crippen LogP contribution in [0.5, 0.6) is 0 Å². The summed E-state index contributed by atoms with van der Waals surface area (Å²) in [5.41, 5.74) is 6.81. The smallest absolute Gasteiger partial charge is 0.312 e. The summed E-state index contributed by atoms with van der Waals surface area (Å²) in [4.78, 5) is 23.5. The van der Waals surface area contributed by atoms with Gasteiger partial charge < -0.3 is 15.5 Å². The molecule has 0 spiro atoms. The molecule has 2 aromatic heterocycles. The number of halogens is 2. The van der Waals surface area contributed by atoms with Crippen LogP contribution in [0.2, 0.25) is 0 Å². The number of nitrogens with zero attached hydrogens (tertiary/aromatic N) is 5. The Morgan fingerprint density at radius 1 is 0.853 bits per heavy atom. The molecule has 2 aliphatic carbocycles. The fourth-order valence-electron chi connectivity index (χ4n) is 4.85. The molecule has 10 heteroatoms. The van der Waals surface area contributed by atoms with Gasteiger partial charge in [0, 0.05) is 53.6 Å². The second-order valence-electron chi connectivity index (χ2n) is 9.13. The number of anilines is 3. The maximum absolute atomic E-state index is 11.1. The van der Waals surface area contributed by atoms with E-state index in [1.165, 1.54) is 57.4 Å². The second-order valence-corrected chi connectivity index (χ2v) is 11.0. The number of hydrogen-bond donors (Lipinski definition) is 1. The number of hydrogen-bond acceptors (Lipinski definition) is 7. The average molecular weight is 598 g/mol. The Bertz CT molecular complexity index is 964. The fourth-order valence-corrected chi connectivity index (χ4v) is 5.52. The molecule has 0 aliphatic heterocycles. The van der Waals surface area contributed by atoms with Gasteiger partial charge in [0.1, 0.15) is 0 Å². The van der Waals surface area contributed by atoms with Gasteiger partial charge in [0.05, 0.1) is 10.6 Å². The lowest BCUT2D eigenvalue weighted by molar-refractivity contribution is -0.384. The molecule has 34 heavy (non-hydrogen) atoms. The molecular weight excluding hydrogens is 564 g/mol. The number of rotatable bonds is 5. The van der Waals surface area contributed by atoms with Crippen LogP contribution in [0, 0.1) is 10.1 Å². The van der Waals surface area contributed by atoms with Crippen molar-refractivity contribution < 1.29 is 4.92 Å². The van der Waals surface area contributed by atoms with Crippen molar-refractivity contribution >= 4 is 54.9 Å². The normalized spacial score (nSPS) is 16.9. The molecule has 0 unspecified atom stereocenters. The minimum Gasteiger partial charge on any atom is -0.396 e. The summed E-state index contributed by atoms with van der Waals surface area (Å²) in [7, 11) is 4.00. The highest BCUT2D eigenvalue weighted by Gasteiger charge is 2.26. The molecule has 2 aliphatic rings. The van der Waals surface area contributed by atoms with Gasteiger partial charge >= 0.3 is 5.69 Å². The Kier molecular flexibility index (Phi) is 9.94. The predicted octanol–water partition coefficient (Wildman–Crippen LogP) is 6.72. The molecule has 0 atom stereocenters. The van der Waals surface area contributed by atoms with E-state index in [1.807, 2.05) is 24.2 Å². The maximum Gasteiger partial charge on any atom is 0.312 e. The molecule has 0 amide bonds. The van der Waals surface area contributed by atoms with Crippen molar-refractivity contribution in [3.05, 3.63) is 43.6 Å². The molecule has 2 aromatic rings. The van der Waals surface area contributed by atoms with Crippen LogP contribution in [0.1, 0.15) is 64.2 Å². The van der Waals surface area contributed by atoms with Crippen molar-refractivity contribution in [1.29, 1.82) is 0 Å². The average Bonchev–Trinajstić information content (AvgIpc) is 2.84. The third-order valence-electron chi connectivity index (χ3n) is 6.79. The molecule has 8 nitrogen and oxygen atoms in total. The van der Waals surface area contributed by atoms with Gasteiger partial charge in [-0.05, 0) is 63.6 Å². The summed E-state index contributed by atoms with van der Waals surface area (Å²) in [5.74, 6) is 1.38. The third kappa shape index (κ3) is 7.04. The van der Waals surface area contributed by atoms with Gasteiger partial charge in [0.2, 0.25) is 5.82 Å². The lowest BCUT2D eigenvalue weighted by atomic mass is 9.94. The topological polar surface area (TPSA) is 101 Å². The highest BCUT2D eigenvalue weighted by Crippen LogP contribution is 2.32. The molecular formula is C24H34Br2N6O2. The van der Waals surface area contributed by atoms with E-state index in [-0.39, 0.29) is 10.6 Å². The first-order chi connectivity index (χ1) is 16.3. The Morgan fingerprint density at radius 2 is 1.29 bits per heavy atom. The van der Waals surface area contributed by atoms with Crippen molar-refractivity contribution in [3.8, 4) is 0 Å². The molecule has 2 fully saturated rings. The van der Waals surface area contributed by atoms with Crippen molar-refractivity contribution in [2.45, 2.75) is 76.3 Å². The van der Waals surface area contributed by atoms with Crippen LogP contribution in [0.4, 0.5) is 23.0 Å². The molecule has 2 heterocycles. The van der Waals surface area contributed by atoms with Gasteiger partial charge in [-0.3, -0.25) is 10.1 Å². The molecule has 2 N–H and O–H groups in total. The number of pyridine rings is 2. The first-order valence-corrected chi connectivity index (χ1v) is 13.5. The van der Waals surface area contributed by atoms with Gasteiger partial charge in [-0.25, -0.2) is 9.97 Å². The minimum atomic E-state index is -0.369. The third-order valence-corrected chi connectivity index (χ3v) is 7.65. The molecule has 4 rings (SSSR count). The number of aromatic nitrogens is 2. The lowest BCUT2D eigenvalue weighted by Gasteiger charge is -2.32. The zero-order valence-corrected chi connectivity index (χ0v) is 23.1. The van der Waals surface area contributed by atoms with Crippen molar-refractivity contribution in [2.75, 3.05) is 29.6 Å². The van der Waals surface area contributed by atoms with Crippen molar-refractivity contribution in [3.63, 3.8) is 0 Å². The van der Waals surface area contributed by atoms with E-state index in [2.05, 4.69) is 53.8 Å². The Labute approximate surface area is 218 Å².